The van der Waals surface area contributed by atoms with Crippen molar-refractivity contribution in [2.24, 2.45) is 0 Å². The SMILES string of the molecule is CCN(CCNC(=O)c1ccc(/C=C2/Sc3ccccc3N(Cc3ccccc3C)C2=O)cc1)c1ccccc1. The highest BCUT2D eigenvalue weighted by Crippen LogP contribution is 2.42. The van der Waals surface area contributed by atoms with Crippen LogP contribution in [-0.4, -0.2) is 31.4 Å². The molecule has 5 nitrogen and oxygen atoms in total. The van der Waals surface area contributed by atoms with Gasteiger partial charge in [0.25, 0.3) is 11.8 Å². The second kappa shape index (κ2) is 12.7. The standard InChI is InChI=1S/C34H33N3O2S/c1-3-36(29-13-5-4-6-14-29)22-21-35-33(38)27-19-17-26(18-20-27)23-32-34(39)37(24-28-12-8-7-11-25(28)2)30-15-9-10-16-31(30)40-32/h4-20,23H,3,21-22,24H2,1-2H3,(H,35,38)/b32-23+. The van der Waals surface area contributed by atoms with Crippen LogP contribution in [0.2, 0.25) is 0 Å². The van der Waals surface area contributed by atoms with Crippen LogP contribution in [0.15, 0.2) is 113 Å². The molecule has 1 N–H and O–H groups in total. The Balaban J connectivity index is 1.27. The van der Waals surface area contributed by atoms with Gasteiger partial charge in [0.2, 0.25) is 0 Å². The first-order valence-corrected chi connectivity index (χ1v) is 14.4. The van der Waals surface area contributed by atoms with Gasteiger partial charge in [-0.2, -0.15) is 0 Å². The molecule has 40 heavy (non-hydrogen) atoms. The summed E-state index contributed by atoms with van der Waals surface area (Å²) in [6, 6.07) is 33.8. The minimum absolute atomic E-state index is 0.0207. The van der Waals surface area contributed by atoms with Gasteiger partial charge in [0.1, 0.15) is 0 Å². The molecule has 0 atom stereocenters. The van der Waals surface area contributed by atoms with Gasteiger partial charge in [0.15, 0.2) is 0 Å². The molecule has 0 aromatic heterocycles. The Bertz CT molecular complexity index is 1520. The molecule has 1 aliphatic rings. The number of fused-ring (bicyclic) bond motifs is 1. The molecule has 4 aromatic rings. The number of hydrogen-bond donors (Lipinski definition) is 1. The predicted octanol–water partition coefficient (Wildman–Crippen LogP) is 6.93. The Morgan fingerprint density at radius 1 is 0.900 bits per heavy atom. The number of anilines is 2. The molecule has 0 fully saturated rings. The average Bonchev–Trinajstić information content (AvgIpc) is 2.99. The van der Waals surface area contributed by atoms with E-state index in [2.05, 4.69) is 54.4 Å². The van der Waals surface area contributed by atoms with Crippen molar-refractivity contribution in [2.75, 3.05) is 29.4 Å². The van der Waals surface area contributed by atoms with Gasteiger partial charge < -0.3 is 15.1 Å². The normalized spacial score (nSPS) is 13.7. The number of carbonyl (C=O) groups is 2. The molecule has 0 aliphatic carbocycles. The molecule has 5 rings (SSSR count). The van der Waals surface area contributed by atoms with Crippen LogP contribution in [0.5, 0.6) is 0 Å². The van der Waals surface area contributed by atoms with Crippen LogP contribution >= 0.6 is 11.8 Å². The number of nitrogens with one attached hydrogen (secondary N) is 1. The van der Waals surface area contributed by atoms with Crippen LogP contribution < -0.4 is 15.1 Å². The molecule has 1 aliphatic heterocycles. The molecule has 202 valence electrons. The topological polar surface area (TPSA) is 52.7 Å². The lowest BCUT2D eigenvalue weighted by Crippen LogP contribution is -2.34. The van der Waals surface area contributed by atoms with Gasteiger partial charge in [-0.1, -0.05) is 78.5 Å². The fraction of sp³-hybridized carbons (Fsp3) is 0.176. The van der Waals surface area contributed by atoms with Crippen LogP contribution in [0.25, 0.3) is 6.08 Å². The molecule has 6 heteroatoms. The zero-order valence-corrected chi connectivity index (χ0v) is 23.7. The zero-order chi connectivity index (χ0) is 27.9. The fourth-order valence-electron chi connectivity index (χ4n) is 4.77. The Labute approximate surface area is 240 Å². The van der Waals surface area contributed by atoms with Crippen molar-refractivity contribution in [3.63, 3.8) is 0 Å². The maximum Gasteiger partial charge on any atom is 0.265 e. The number of carbonyl (C=O) groups excluding carboxylic acids is 2. The Hall–Kier alpha value is -4.29. The van der Waals surface area contributed by atoms with Gasteiger partial charge in [0.05, 0.1) is 17.1 Å². The first-order chi connectivity index (χ1) is 19.5. The van der Waals surface area contributed by atoms with Crippen LogP contribution in [0.1, 0.15) is 34.0 Å². The summed E-state index contributed by atoms with van der Waals surface area (Å²) in [5.41, 5.74) is 5.83. The van der Waals surface area contributed by atoms with Crippen molar-refractivity contribution in [3.05, 3.63) is 130 Å². The minimum atomic E-state index is -0.107. The van der Waals surface area contributed by atoms with Crippen molar-refractivity contribution >= 4 is 41.0 Å². The first kappa shape index (κ1) is 27.3. The molecular formula is C34H33N3O2S. The monoisotopic (exact) mass is 547 g/mol. The molecule has 4 aromatic carbocycles. The summed E-state index contributed by atoms with van der Waals surface area (Å²) in [4.78, 5) is 32.2. The van der Waals surface area contributed by atoms with E-state index < -0.39 is 0 Å². The molecule has 2 amide bonds. The van der Waals surface area contributed by atoms with E-state index in [1.165, 1.54) is 11.8 Å². The third kappa shape index (κ3) is 6.29. The quantitative estimate of drug-likeness (QED) is 0.231. The van der Waals surface area contributed by atoms with Gasteiger partial charge in [-0.05, 0) is 73.0 Å². The number of aryl methyl sites for hydroxylation is 1. The molecule has 0 saturated heterocycles. The number of hydrogen-bond acceptors (Lipinski definition) is 4. The lowest BCUT2D eigenvalue weighted by Gasteiger charge is -2.31. The van der Waals surface area contributed by atoms with Crippen molar-refractivity contribution in [1.29, 1.82) is 0 Å². The summed E-state index contributed by atoms with van der Waals surface area (Å²) in [6.07, 6.45) is 1.91. The lowest BCUT2D eigenvalue weighted by atomic mass is 10.1. The predicted molar refractivity (Wildman–Crippen MR) is 166 cm³/mol. The van der Waals surface area contributed by atoms with E-state index in [9.17, 15) is 9.59 Å². The van der Waals surface area contributed by atoms with Crippen LogP contribution in [0.4, 0.5) is 11.4 Å². The van der Waals surface area contributed by atoms with E-state index in [1.807, 2.05) is 83.8 Å². The zero-order valence-electron chi connectivity index (χ0n) is 22.8. The number of likely N-dealkylation sites (N-methyl/N-ethyl adjacent to an activating group) is 1. The van der Waals surface area contributed by atoms with Gasteiger partial charge in [-0.25, -0.2) is 0 Å². The van der Waals surface area contributed by atoms with Crippen molar-refractivity contribution < 1.29 is 9.59 Å². The molecule has 0 spiro atoms. The van der Waals surface area contributed by atoms with Gasteiger partial charge in [0, 0.05) is 35.8 Å². The molecule has 0 radical (unpaired) electrons. The van der Waals surface area contributed by atoms with E-state index in [0.29, 0.717) is 23.6 Å². The number of benzene rings is 4. The van der Waals surface area contributed by atoms with Crippen LogP contribution in [0.3, 0.4) is 0 Å². The molecule has 0 unspecified atom stereocenters. The molecule has 1 heterocycles. The summed E-state index contributed by atoms with van der Waals surface area (Å²) in [7, 11) is 0. The fourth-order valence-corrected chi connectivity index (χ4v) is 5.83. The largest absolute Gasteiger partial charge is 0.370 e. The number of rotatable bonds is 9. The summed E-state index contributed by atoms with van der Waals surface area (Å²) in [6.45, 7) is 6.84. The second-order valence-corrected chi connectivity index (χ2v) is 10.8. The highest BCUT2D eigenvalue weighted by atomic mass is 32.2. The highest BCUT2D eigenvalue weighted by molar-refractivity contribution is 8.04. The molecular weight excluding hydrogens is 514 g/mol. The Morgan fingerprint density at radius 3 is 2.35 bits per heavy atom. The van der Waals surface area contributed by atoms with Crippen LogP contribution in [0, 0.1) is 6.92 Å². The number of amides is 2. The first-order valence-electron chi connectivity index (χ1n) is 13.6. The third-order valence-electron chi connectivity index (χ3n) is 7.06. The summed E-state index contributed by atoms with van der Waals surface area (Å²) < 4.78 is 0. The Morgan fingerprint density at radius 2 is 1.60 bits per heavy atom. The molecule has 0 saturated carbocycles. The minimum Gasteiger partial charge on any atom is -0.370 e. The third-order valence-corrected chi connectivity index (χ3v) is 8.14. The van der Waals surface area contributed by atoms with E-state index in [0.717, 1.165) is 46.1 Å². The van der Waals surface area contributed by atoms with E-state index >= 15 is 0 Å². The van der Waals surface area contributed by atoms with E-state index in [4.69, 9.17) is 0 Å². The van der Waals surface area contributed by atoms with Crippen molar-refractivity contribution in [1.82, 2.24) is 5.32 Å². The van der Waals surface area contributed by atoms with Crippen molar-refractivity contribution in [2.45, 2.75) is 25.3 Å². The van der Waals surface area contributed by atoms with Crippen molar-refractivity contribution in [3.8, 4) is 0 Å². The summed E-state index contributed by atoms with van der Waals surface area (Å²) in [5, 5.41) is 3.02. The average molecular weight is 548 g/mol. The van der Waals surface area contributed by atoms with Gasteiger partial charge in [-0.15, -0.1) is 0 Å². The maximum absolute atomic E-state index is 13.7. The maximum atomic E-state index is 13.7. The lowest BCUT2D eigenvalue weighted by molar-refractivity contribution is -0.114. The Kier molecular flexibility index (Phi) is 8.67. The van der Waals surface area contributed by atoms with Gasteiger partial charge >= 0.3 is 0 Å². The van der Waals surface area contributed by atoms with Crippen LogP contribution in [-0.2, 0) is 11.3 Å². The van der Waals surface area contributed by atoms with E-state index in [1.54, 1.807) is 0 Å². The number of para-hydroxylation sites is 2. The number of nitrogens with zero attached hydrogens (tertiary/aromatic N) is 2. The van der Waals surface area contributed by atoms with E-state index in [-0.39, 0.29) is 11.8 Å². The highest BCUT2D eigenvalue weighted by Gasteiger charge is 2.29. The second-order valence-electron chi connectivity index (χ2n) is 9.69. The summed E-state index contributed by atoms with van der Waals surface area (Å²) >= 11 is 1.49. The molecule has 0 bridgehead atoms. The van der Waals surface area contributed by atoms with Gasteiger partial charge in [-0.3, -0.25) is 9.59 Å². The smallest absolute Gasteiger partial charge is 0.265 e. The number of thioether (sulfide) groups is 1. The summed E-state index contributed by atoms with van der Waals surface area (Å²) in [5.74, 6) is -0.127.